The van der Waals surface area contributed by atoms with E-state index in [-0.39, 0.29) is 0 Å². The molecule has 114 valence electrons. The normalized spacial score (nSPS) is 17.2. The third-order valence-corrected chi connectivity index (χ3v) is 3.92. The highest BCUT2D eigenvalue weighted by Gasteiger charge is 2.10. The van der Waals surface area contributed by atoms with E-state index >= 15 is 0 Å². The third kappa shape index (κ3) is 8.61. The van der Waals surface area contributed by atoms with E-state index in [4.69, 9.17) is 4.74 Å². The van der Waals surface area contributed by atoms with E-state index in [1.807, 2.05) is 0 Å². The lowest BCUT2D eigenvalue weighted by atomic mass is 10.2. The van der Waals surface area contributed by atoms with E-state index in [9.17, 15) is 0 Å². The van der Waals surface area contributed by atoms with Gasteiger partial charge in [-0.25, -0.2) is 0 Å². The molecule has 0 aromatic rings. The van der Waals surface area contributed by atoms with Crippen molar-refractivity contribution in [1.29, 1.82) is 0 Å². The molecule has 0 N–H and O–H groups in total. The molecule has 0 aromatic carbocycles. The van der Waals surface area contributed by atoms with Crippen LogP contribution >= 0.6 is 0 Å². The monoisotopic (exact) mass is 270 g/mol. The van der Waals surface area contributed by atoms with E-state index in [1.165, 1.54) is 64.7 Å². The fraction of sp³-hybridized carbons (Fsp3) is 1.00. The van der Waals surface area contributed by atoms with Crippen LogP contribution in [-0.4, -0.2) is 62.3 Å². The molecule has 0 aromatic heterocycles. The molecule has 1 fully saturated rings. The smallest absolute Gasteiger partial charge is 0.0594 e. The lowest BCUT2D eigenvalue weighted by Crippen LogP contribution is -2.38. The second kappa shape index (κ2) is 11.7. The predicted molar refractivity (Wildman–Crippen MR) is 82.7 cm³/mol. The minimum absolute atomic E-state index is 0.926. The quantitative estimate of drug-likeness (QED) is 0.537. The van der Waals surface area contributed by atoms with Crippen molar-refractivity contribution in [3.05, 3.63) is 0 Å². The van der Waals surface area contributed by atoms with Crippen molar-refractivity contribution in [2.45, 2.75) is 52.4 Å². The summed E-state index contributed by atoms with van der Waals surface area (Å²) in [5.74, 6) is 0. The van der Waals surface area contributed by atoms with E-state index in [0.717, 1.165) is 26.3 Å². The second-order valence-corrected chi connectivity index (χ2v) is 5.71. The van der Waals surface area contributed by atoms with Crippen LogP contribution in [-0.2, 0) is 4.74 Å². The molecule has 0 bridgehead atoms. The van der Waals surface area contributed by atoms with Crippen LogP contribution < -0.4 is 0 Å². The summed E-state index contributed by atoms with van der Waals surface area (Å²) in [6.07, 6.45) is 8.11. The molecule has 0 aliphatic carbocycles. The zero-order valence-electron chi connectivity index (χ0n) is 13.2. The topological polar surface area (TPSA) is 15.7 Å². The average Bonchev–Trinajstić information content (AvgIpc) is 2.44. The summed E-state index contributed by atoms with van der Waals surface area (Å²) < 4.78 is 5.39. The summed E-state index contributed by atoms with van der Waals surface area (Å²) >= 11 is 0. The van der Waals surface area contributed by atoms with Gasteiger partial charge in [-0.1, -0.05) is 33.1 Å². The lowest BCUT2D eigenvalue weighted by Gasteiger charge is -2.28. The molecule has 0 saturated carbocycles. The fourth-order valence-electron chi connectivity index (χ4n) is 2.76. The van der Waals surface area contributed by atoms with Crippen molar-refractivity contribution in [2.24, 2.45) is 0 Å². The highest BCUT2D eigenvalue weighted by atomic mass is 16.5. The second-order valence-electron chi connectivity index (χ2n) is 5.71. The molecule has 1 heterocycles. The zero-order valence-corrected chi connectivity index (χ0v) is 13.2. The van der Waals surface area contributed by atoms with Crippen LogP contribution in [0.3, 0.4) is 0 Å². The maximum absolute atomic E-state index is 5.39. The summed E-state index contributed by atoms with van der Waals surface area (Å²) in [6.45, 7) is 13.8. The standard InChI is InChI=1S/C16H34N2O/c1-3-5-6-7-10-17(9-4-2)11-8-12-18-13-15-19-16-14-18/h3-16H2,1-2H3. The Balaban J connectivity index is 2.06. The van der Waals surface area contributed by atoms with Gasteiger partial charge < -0.3 is 9.64 Å². The molecule has 1 rings (SSSR count). The van der Waals surface area contributed by atoms with Gasteiger partial charge in [0.1, 0.15) is 0 Å². The first kappa shape index (κ1) is 16.9. The fourth-order valence-corrected chi connectivity index (χ4v) is 2.76. The van der Waals surface area contributed by atoms with E-state index in [1.54, 1.807) is 0 Å². The number of nitrogens with zero attached hydrogens (tertiary/aromatic N) is 2. The van der Waals surface area contributed by atoms with Crippen molar-refractivity contribution >= 4 is 0 Å². The molecule has 0 amide bonds. The van der Waals surface area contributed by atoms with Crippen molar-refractivity contribution in [3.63, 3.8) is 0 Å². The first-order valence-corrected chi connectivity index (χ1v) is 8.39. The molecule has 1 aliphatic heterocycles. The summed E-state index contributed by atoms with van der Waals surface area (Å²) in [4.78, 5) is 5.21. The number of unbranched alkanes of at least 4 members (excludes halogenated alkanes) is 3. The van der Waals surface area contributed by atoms with Crippen LogP contribution in [0.2, 0.25) is 0 Å². The van der Waals surface area contributed by atoms with Crippen LogP contribution in [0, 0.1) is 0 Å². The Kier molecular flexibility index (Phi) is 10.4. The molecule has 0 spiro atoms. The summed E-state index contributed by atoms with van der Waals surface area (Å²) in [7, 11) is 0. The number of hydrogen-bond acceptors (Lipinski definition) is 3. The zero-order chi connectivity index (χ0) is 13.8. The summed E-state index contributed by atoms with van der Waals surface area (Å²) in [5.41, 5.74) is 0. The summed E-state index contributed by atoms with van der Waals surface area (Å²) in [5, 5.41) is 0. The van der Waals surface area contributed by atoms with Crippen molar-refractivity contribution in [1.82, 2.24) is 9.80 Å². The van der Waals surface area contributed by atoms with Gasteiger partial charge in [-0.2, -0.15) is 0 Å². The molecular formula is C16H34N2O. The minimum atomic E-state index is 0.926. The highest BCUT2D eigenvalue weighted by Crippen LogP contribution is 2.04. The van der Waals surface area contributed by atoms with E-state index in [0.29, 0.717) is 0 Å². The maximum Gasteiger partial charge on any atom is 0.0594 e. The highest BCUT2D eigenvalue weighted by molar-refractivity contribution is 4.64. The van der Waals surface area contributed by atoms with Gasteiger partial charge in [0.15, 0.2) is 0 Å². The van der Waals surface area contributed by atoms with Gasteiger partial charge in [-0.3, -0.25) is 4.90 Å². The Morgan fingerprint density at radius 1 is 0.842 bits per heavy atom. The largest absolute Gasteiger partial charge is 0.379 e. The van der Waals surface area contributed by atoms with E-state index in [2.05, 4.69) is 23.6 Å². The summed E-state index contributed by atoms with van der Waals surface area (Å²) in [6, 6.07) is 0. The molecule has 1 aliphatic rings. The van der Waals surface area contributed by atoms with Crippen molar-refractivity contribution in [2.75, 3.05) is 52.5 Å². The molecule has 3 heteroatoms. The molecule has 0 atom stereocenters. The number of morpholine rings is 1. The third-order valence-electron chi connectivity index (χ3n) is 3.92. The van der Waals surface area contributed by atoms with Gasteiger partial charge in [-0.05, 0) is 45.4 Å². The Morgan fingerprint density at radius 3 is 2.26 bits per heavy atom. The number of rotatable bonds is 11. The van der Waals surface area contributed by atoms with Gasteiger partial charge in [0.05, 0.1) is 13.2 Å². The van der Waals surface area contributed by atoms with Gasteiger partial charge in [0.25, 0.3) is 0 Å². The first-order valence-electron chi connectivity index (χ1n) is 8.39. The molecule has 19 heavy (non-hydrogen) atoms. The average molecular weight is 270 g/mol. The molecule has 0 unspecified atom stereocenters. The predicted octanol–water partition coefficient (Wildman–Crippen LogP) is 3.00. The van der Waals surface area contributed by atoms with Gasteiger partial charge in [-0.15, -0.1) is 0 Å². The molecule has 3 nitrogen and oxygen atoms in total. The lowest BCUT2D eigenvalue weighted by molar-refractivity contribution is 0.0361. The Hall–Kier alpha value is -0.120. The van der Waals surface area contributed by atoms with Gasteiger partial charge in [0.2, 0.25) is 0 Å². The van der Waals surface area contributed by atoms with Crippen molar-refractivity contribution in [3.8, 4) is 0 Å². The van der Waals surface area contributed by atoms with Crippen LogP contribution in [0.15, 0.2) is 0 Å². The van der Waals surface area contributed by atoms with Crippen LogP contribution in [0.5, 0.6) is 0 Å². The Morgan fingerprint density at radius 2 is 1.58 bits per heavy atom. The van der Waals surface area contributed by atoms with Crippen molar-refractivity contribution < 1.29 is 4.74 Å². The van der Waals surface area contributed by atoms with Crippen LogP contribution in [0.25, 0.3) is 0 Å². The molecule has 1 saturated heterocycles. The van der Waals surface area contributed by atoms with E-state index < -0.39 is 0 Å². The van der Waals surface area contributed by atoms with Crippen LogP contribution in [0.1, 0.15) is 52.4 Å². The van der Waals surface area contributed by atoms with Crippen LogP contribution in [0.4, 0.5) is 0 Å². The molecular weight excluding hydrogens is 236 g/mol. The first-order chi connectivity index (χ1) is 9.36. The molecule has 0 radical (unpaired) electrons. The Bertz CT molecular complexity index is 193. The van der Waals surface area contributed by atoms with Gasteiger partial charge in [0, 0.05) is 13.1 Å². The maximum atomic E-state index is 5.39. The van der Waals surface area contributed by atoms with Gasteiger partial charge >= 0.3 is 0 Å². The Labute approximate surface area is 120 Å². The minimum Gasteiger partial charge on any atom is -0.379 e. The number of hydrogen-bond donors (Lipinski definition) is 0. The SMILES string of the molecule is CCCCCCN(CCC)CCCN1CCOCC1. The number of ether oxygens (including phenoxy) is 1.